The molecule has 1 heterocycles. The zero-order valence-electron chi connectivity index (χ0n) is 10.8. The van der Waals surface area contributed by atoms with Gasteiger partial charge in [0.25, 0.3) is 0 Å². The largest absolute Gasteiger partial charge is 0.350 e. The van der Waals surface area contributed by atoms with E-state index in [0.29, 0.717) is 12.5 Å². The maximum atomic E-state index is 5.83. The van der Waals surface area contributed by atoms with Crippen molar-refractivity contribution in [3.63, 3.8) is 0 Å². The van der Waals surface area contributed by atoms with Crippen LogP contribution in [0, 0.1) is 0 Å². The van der Waals surface area contributed by atoms with Gasteiger partial charge in [-0.3, -0.25) is 0 Å². The van der Waals surface area contributed by atoms with Crippen molar-refractivity contribution in [2.24, 2.45) is 0 Å². The Morgan fingerprint density at radius 1 is 1.32 bits per heavy atom. The Morgan fingerprint density at radius 3 is 2.84 bits per heavy atom. The normalized spacial score (nSPS) is 11.1. The van der Waals surface area contributed by atoms with E-state index in [4.69, 9.17) is 11.6 Å². The molecule has 0 bridgehead atoms. The molecule has 0 saturated carbocycles. The van der Waals surface area contributed by atoms with Crippen LogP contribution in [-0.4, -0.2) is 26.8 Å². The number of halogens is 1. The van der Waals surface area contributed by atoms with Gasteiger partial charge in [-0.1, -0.05) is 47.9 Å². The minimum atomic E-state index is 0.673. The standard InChI is InChI=1S/C13H16ClN5/c1-2-10-19-13(16-17-18-19)15-9-3-4-11-5-7-12(14)8-6-11/h3-8H,2,9-10H2,1H3,(H,15,16,18)/b4-3+. The summed E-state index contributed by atoms with van der Waals surface area (Å²) >= 11 is 5.83. The molecule has 1 aromatic heterocycles. The van der Waals surface area contributed by atoms with Crippen molar-refractivity contribution >= 4 is 23.6 Å². The number of hydrogen-bond donors (Lipinski definition) is 1. The van der Waals surface area contributed by atoms with Crippen LogP contribution in [-0.2, 0) is 6.54 Å². The number of hydrogen-bond acceptors (Lipinski definition) is 4. The highest BCUT2D eigenvalue weighted by atomic mass is 35.5. The third kappa shape index (κ3) is 4.06. The Labute approximate surface area is 117 Å². The lowest BCUT2D eigenvalue weighted by molar-refractivity contribution is 0.583. The van der Waals surface area contributed by atoms with E-state index in [0.717, 1.165) is 23.6 Å². The fraction of sp³-hybridized carbons (Fsp3) is 0.308. The van der Waals surface area contributed by atoms with E-state index in [-0.39, 0.29) is 0 Å². The summed E-state index contributed by atoms with van der Waals surface area (Å²) in [5.74, 6) is 0.697. The average molecular weight is 278 g/mol. The van der Waals surface area contributed by atoms with E-state index in [1.54, 1.807) is 4.68 Å². The van der Waals surface area contributed by atoms with E-state index in [9.17, 15) is 0 Å². The zero-order chi connectivity index (χ0) is 13.5. The first kappa shape index (κ1) is 13.5. The van der Waals surface area contributed by atoms with Crippen LogP contribution in [0.3, 0.4) is 0 Å². The molecule has 2 rings (SSSR count). The van der Waals surface area contributed by atoms with Crippen LogP contribution < -0.4 is 5.32 Å². The molecule has 0 amide bonds. The van der Waals surface area contributed by atoms with Gasteiger partial charge in [0.05, 0.1) is 0 Å². The first-order valence-corrected chi connectivity index (χ1v) is 6.59. The first-order chi connectivity index (χ1) is 9.29. The topological polar surface area (TPSA) is 55.6 Å². The van der Waals surface area contributed by atoms with Gasteiger partial charge in [0.15, 0.2) is 0 Å². The number of rotatable bonds is 6. The van der Waals surface area contributed by atoms with Crippen molar-refractivity contribution in [1.29, 1.82) is 0 Å². The van der Waals surface area contributed by atoms with Gasteiger partial charge in [-0.25, -0.2) is 4.68 Å². The lowest BCUT2D eigenvalue weighted by Crippen LogP contribution is -2.08. The van der Waals surface area contributed by atoms with E-state index >= 15 is 0 Å². The first-order valence-electron chi connectivity index (χ1n) is 6.21. The predicted octanol–water partition coefficient (Wildman–Crippen LogP) is 2.86. The maximum absolute atomic E-state index is 5.83. The molecule has 100 valence electrons. The monoisotopic (exact) mass is 277 g/mol. The molecule has 0 spiro atoms. The summed E-state index contributed by atoms with van der Waals surface area (Å²) in [6, 6.07) is 7.69. The number of anilines is 1. The second-order valence-corrected chi connectivity index (χ2v) is 4.50. The molecule has 1 N–H and O–H groups in total. The van der Waals surface area contributed by atoms with Crippen LogP contribution >= 0.6 is 11.6 Å². The van der Waals surface area contributed by atoms with Gasteiger partial charge in [0, 0.05) is 18.1 Å². The second-order valence-electron chi connectivity index (χ2n) is 4.06. The highest BCUT2D eigenvalue weighted by Gasteiger charge is 2.01. The molecule has 0 fully saturated rings. The molecule has 1 aromatic carbocycles. The third-order valence-corrected chi connectivity index (χ3v) is 2.78. The Balaban J connectivity index is 1.85. The molecule has 0 atom stereocenters. The predicted molar refractivity (Wildman–Crippen MR) is 77.1 cm³/mol. The van der Waals surface area contributed by atoms with Crippen LogP contribution in [0.1, 0.15) is 18.9 Å². The summed E-state index contributed by atoms with van der Waals surface area (Å²) in [6.07, 6.45) is 5.05. The fourth-order valence-corrected chi connectivity index (χ4v) is 1.74. The van der Waals surface area contributed by atoms with Crippen molar-refractivity contribution in [1.82, 2.24) is 20.2 Å². The molecule has 5 nitrogen and oxygen atoms in total. The molecular weight excluding hydrogens is 262 g/mol. The smallest absolute Gasteiger partial charge is 0.243 e. The zero-order valence-corrected chi connectivity index (χ0v) is 11.5. The molecule has 0 unspecified atom stereocenters. The summed E-state index contributed by atoms with van der Waals surface area (Å²) in [6.45, 7) is 3.58. The van der Waals surface area contributed by atoms with E-state index in [1.807, 2.05) is 36.4 Å². The van der Waals surface area contributed by atoms with E-state index < -0.39 is 0 Å². The Kier molecular flexibility index (Phi) is 4.92. The summed E-state index contributed by atoms with van der Waals surface area (Å²) in [5.41, 5.74) is 1.11. The van der Waals surface area contributed by atoms with Gasteiger partial charge < -0.3 is 5.32 Å². The molecule has 2 aromatic rings. The Hall–Kier alpha value is -1.88. The fourth-order valence-electron chi connectivity index (χ4n) is 1.61. The van der Waals surface area contributed by atoms with Gasteiger partial charge >= 0.3 is 0 Å². The molecule has 0 aliphatic heterocycles. The molecule has 0 aliphatic rings. The maximum Gasteiger partial charge on any atom is 0.243 e. The Morgan fingerprint density at radius 2 is 2.11 bits per heavy atom. The van der Waals surface area contributed by atoms with Crippen LogP contribution in [0.4, 0.5) is 5.95 Å². The SMILES string of the molecule is CCCn1nnnc1NC/C=C/c1ccc(Cl)cc1. The minimum absolute atomic E-state index is 0.673. The highest BCUT2D eigenvalue weighted by Crippen LogP contribution is 2.10. The molecule has 0 saturated heterocycles. The van der Waals surface area contributed by atoms with Crippen LogP contribution in [0.15, 0.2) is 30.3 Å². The molecule has 0 radical (unpaired) electrons. The lowest BCUT2D eigenvalue weighted by atomic mass is 10.2. The van der Waals surface area contributed by atoms with Gasteiger partial charge in [0.1, 0.15) is 0 Å². The lowest BCUT2D eigenvalue weighted by Gasteiger charge is -2.03. The van der Waals surface area contributed by atoms with Crippen molar-refractivity contribution < 1.29 is 0 Å². The van der Waals surface area contributed by atoms with Crippen LogP contribution in [0.2, 0.25) is 5.02 Å². The number of aryl methyl sites for hydroxylation is 1. The van der Waals surface area contributed by atoms with E-state index in [1.165, 1.54) is 0 Å². The average Bonchev–Trinajstić information content (AvgIpc) is 2.85. The van der Waals surface area contributed by atoms with E-state index in [2.05, 4.69) is 27.8 Å². The molecule has 6 heteroatoms. The summed E-state index contributed by atoms with van der Waals surface area (Å²) in [4.78, 5) is 0. The van der Waals surface area contributed by atoms with Crippen LogP contribution in [0.25, 0.3) is 6.08 Å². The van der Waals surface area contributed by atoms with Crippen LogP contribution in [0.5, 0.6) is 0 Å². The number of aromatic nitrogens is 4. The summed E-state index contributed by atoms with van der Waals surface area (Å²) < 4.78 is 1.76. The van der Waals surface area contributed by atoms with Gasteiger partial charge in [-0.2, -0.15) is 0 Å². The van der Waals surface area contributed by atoms with Gasteiger partial charge in [-0.15, -0.1) is 0 Å². The number of nitrogens with one attached hydrogen (secondary N) is 1. The molecule has 0 aliphatic carbocycles. The van der Waals surface area contributed by atoms with Gasteiger partial charge in [-0.05, 0) is 34.5 Å². The quantitative estimate of drug-likeness (QED) is 0.882. The minimum Gasteiger partial charge on any atom is -0.350 e. The van der Waals surface area contributed by atoms with Crippen molar-refractivity contribution in [2.45, 2.75) is 19.9 Å². The number of benzene rings is 1. The highest BCUT2D eigenvalue weighted by molar-refractivity contribution is 6.30. The summed E-state index contributed by atoms with van der Waals surface area (Å²) in [7, 11) is 0. The van der Waals surface area contributed by atoms with Crippen molar-refractivity contribution in [3.05, 3.63) is 40.9 Å². The molecule has 19 heavy (non-hydrogen) atoms. The second kappa shape index (κ2) is 6.89. The van der Waals surface area contributed by atoms with Crippen molar-refractivity contribution in [3.8, 4) is 0 Å². The van der Waals surface area contributed by atoms with Gasteiger partial charge in [0.2, 0.25) is 5.95 Å². The number of nitrogens with zero attached hydrogens (tertiary/aromatic N) is 4. The Bertz CT molecular complexity index is 532. The molecular formula is C13H16ClN5. The number of tetrazole rings is 1. The third-order valence-electron chi connectivity index (χ3n) is 2.53. The summed E-state index contributed by atoms with van der Waals surface area (Å²) in [5, 5.41) is 15.4. The van der Waals surface area contributed by atoms with Crippen molar-refractivity contribution in [2.75, 3.05) is 11.9 Å².